The lowest BCUT2D eigenvalue weighted by Gasteiger charge is -2.22. The van der Waals surface area contributed by atoms with Gasteiger partial charge in [0.15, 0.2) is 5.96 Å². The van der Waals surface area contributed by atoms with Gasteiger partial charge in [-0.05, 0) is 37.5 Å². The van der Waals surface area contributed by atoms with Crippen molar-refractivity contribution in [1.29, 1.82) is 0 Å². The highest BCUT2D eigenvalue weighted by atomic mass is 127. The molecule has 1 heterocycles. The van der Waals surface area contributed by atoms with Crippen molar-refractivity contribution < 1.29 is 14.3 Å². The Morgan fingerprint density at radius 2 is 2.17 bits per heavy atom. The molecule has 1 aromatic carbocycles. The van der Waals surface area contributed by atoms with Gasteiger partial charge in [0, 0.05) is 51.3 Å². The van der Waals surface area contributed by atoms with Crippen LogP contribution in [0, 0.1) is 5.92 Å². The lowest BCUT2D eigenvalue weighted by molar-refractivity contribution is 0.0536. The average molecular weight is 532 g/mol. The predicted octanol–water partition coefficient (Wildman–Crippen LogP) is 2.89. The number of amides is 1. The lowest BCUT2D eigenvalue weighted by atomic mass is 10.1. The van der Waals surface area contributed by atoms with E-state index in [-0.39, 0.29) is 35.9 Å². The Morgan fingerprint density at radius 3 is 2.87 bits per heavy atom. The fourth-order valence-corrected chi connectivity index (χ4v) is 3.30. The average Bonchev–Trinajstić information content (AvgIpc) is 3.20. The topological polar surface area (TPSA) is 75.2 Å². The minimum Gasteiger partial charge on any atom is -0.382 e. The van der Waals surface area contributed by atoms with Crippen LogP contribution < -0.4 is 10.6 Å². The minimum absolute atomic E-state index is 0. The molecule has 1 saturated heterocycles. The molecule has 0 aliphatic carbocycles. The third-order valence-electron chi connectivity index (χ3n) is 5.21. The molecule has 8 heteroatoms. The summed E-state index contributed by atoms with van der Waals surface area (Å²) in [6, 6.07) is 7.91. The van der Waals surface area contributed by atoms with Crippen molar-refractivity contribution in [2.24, 2.45) is 10.9 Å². The summed E-state index contributed by atoms with van der Waals surface area (Å²) in [5, 5.41) is 6.44. The van der Waals surface area contributed by atoms with E-state index in [1.165, 1.54) is 0 Å². The standard InChI is InChI=1S/C22H36N4O3.HI/c1-5-17(2)25-21(27)20-8-6-7-18(13-20)14-24-22(23-3)26-10-9-19(15-26)16-29-12-11-28-4;/h6-8,13,17,19H,5,9-12,14-16H2,1-4H3,(H,23,24)(H,25,27);1H. The number of aliphatic imine (C=N–C) groups is 1. The minimum atomic E-state index is -0.0264. The lowest BCUT2D eigenvalue weighted by Crippen LogP contribution is -2.40. The summed E-state index contributed by atoms with van der Waals surface area (Å²) < 4.78 is 10.7. The van der Waals surface area contributed by atoms with Crippen LogP contribution in [-0.4, -0.2) is 69.9 Å². The molecule has 2 unspecified atom stereocenters. The van der Waals surface area contributed by atoms with Crippen LogP contribution in [0.25, 0.3) is 0 Å². The Labute approximate surface area is 198 Å². The Balaban J connectivity index is 0.00000450. The largest absolute Gasteiger partial charge is 0.382 e. The van der Waals surface area contributed by atoms with Crippen molar-refractivity contribution in [3.8, 4) is 0 Å². The Bertz CT molecular complexity index is 672. The Morgan fingerprint density at radius 1 is 1.37 bits per heavy atom. The van der Waals surface area contributed by atoms with Gasteiger partial charge in [-0.2, -0.15) is 0 Å². The first-order valence-corrected chi connectivity index (χ1v) is 10.5. The first-order valence-electron chi connectivity index (χ1n) is 10.5. The van der Waals surface area contributed by atoms with E-state index < -0.39 is 0 Å². The van der Waals surface area contributed by atoms with E-state index in [1.54, 1.807) is 14.2 Å². The fourth-order valence-electron chi connectivity index (χ4n) is 3.30. The van der Waals surface area contributed by atoms with Crippen LogP contribution >= 0.6 is 24.0 Å². The van der Waals surface area contributed by atoms with Gasteiger partial charge in [0.25, 0.3) is 5.91 Å². The molecule has 0 bridgehead atoms. The summed E-state index contributed by atoms with van der Waals surface area (Å²) in [6.45, 7) is 8.63. The van der Waals surface area contributed by atoms with Crippen molar-refractivity contribution in [2.75, 3.05) is 47.1 Å². The molecular formula is C22H37IN4O3. The van der Waals surface area contributed by atoms with Crippen molar-refractivity contribution in [1.82, 2.24) is 15.5 Å². The number of benzene rings is 1. The zero-order chi connectivity index (χ0) is 21.1. The van der Waals surface area contributed by atoms with E-state index in [4.69, 9.17) is 9.47 Å². The van der Waals surface area contributed by atoms with Gasteiger partial charge in [0.2, 0.25) is 0 Å². The number of methoxy groups -OCH3 is 1. The first kappa shape index (κ1) is 26.6. The maximum absolute atomic E-state index is 12.3. The molecule has 2 N–H and O–H groups in total. The molecule has 1 amide bonds. The summed E-state index contributed by atoms with van der Waals surface area (Å²) in [7, 11) is 3.49. The quantitative estimate of drug-likeness (QED) is 0.210. The number of nitrogens with zero attached hydrogens (tertiary/aromatic N) is 2. The van der Waals surface area contributed by atoms with Crippen LogP contribution in [0.3, 0.4) is 0 Å². The summed E-state index contributed by atoms with van der Waals surface area (Å²) in [5.74, 6) is 1.37. The fraction of sp³-hybridized carbons (Fsp3) is 0.636. The SMILES string of the molecule is CCC(C)NC(=O)c1cccc(CNC(=NC)N2CCC(COCCOC)C2)c1.I. The van der Waals surface area contributed by atoms with Crippen molar-refractivity contribution in [3.63, 3.8) is 0 Å². The molecule has 0 radical (unpaired) electrons. The normalized spacial score (nSPS) is 17.4. The van der Waals surface area contributed by atoms with E-state index in [0.717, 1.165) is 44.1 Å². The number of nitrogens with one attached hydrogen (secondary N) is 2. The monoisotopic (exact) mass is 532 g/mol. The van der Waals surface area contributed by atoms with Gasteiger partial charge in [0.1, 0.15) is 0 Å². The number of likely N-dealkylation sites (tertiary alicyclic amines) is 1. The zero-order valence-electron chi connectivity index (χ0n) is 18.6. The second-order valence-electron chi connectivity index (χ2n) is 7.55. The van der Waals surface area contributed by atoms with Gasteiger partial charge in [0.05, 0.1) is 19.8 Å². The number of rotatable bonds is 10. The molecule has 1 fully saturated rings. The van der Waals surface area contributed by atoms with Crippen LogP contribution in [0.15, 0.2) is 29.3 Å². The molecule has 1 aromatic rings. The van der Waals surface area contributed by atoms with Crippen LogP contribution in [0.1, 0.15) is 42.6 Å². The number of carbonyl (C=O) groups excluding carboxylic acids is 1. The van der Waals surface area contributed by atoms with Crippen molar-refractivity contribution in [3.05, 3.63) is 35.4 Å². The number of hydrogen-bond donors (Lipinski definition) is 2. The number of ether oxygens (including phenoxy) is 2. The third kappa shape index (κ3) is 8.77. The zero-order valence-corrected chi connectivity index (χ0v) is 21.0. The molecule has 1 aliphatic rings. The Hall–Kier alpha value is -1.39. The summed E-state index contributed by atoms with van der Waals surface area (Å²) in [6.07, 6.45) is 2.01. The molecule has 2 rings (SSSR count). The molecule has 7 nitrogen and oxygen atoms in total. The van der Waals surface area contributed by atoms with Gasteiger partial charge < -0.3 is 25.0 Å². The van der Waals surface area contributed by atoms with E-state index in [9.17, 15) is 4.79 Å². The second kappa shape index (κ2) is 14.6. The summed E-state index contributed by atoms with van der Waals surface area (Å²) >= 11 is 0. The molecule has 30 heavy (non-hydrogen) atoms. The molecular weight excluding hydrogens is 495 g/mol. The van der Waals surface area contributed by atoms with Gasteiger partial charge in [-0.1, -0.05) is 19.1 Å². The van der Waals surface area contributed by atoms with Crippen LogP contribution in [0.4, 0.5) is 0 Å². The van der Waals surface area contributed by atoms with Crippen molar-refractivity contribution in [2.45, 2.75) is 39.3 Å². The van der Waals surface area contributed by atoms with Gasteiger partial charge in [-0.15, -0.1) is 24.0 Å². The van der Waals surface area contributed by atoms with Crippen molar-refractivity contribution >= 4 is 35.8 Å². The maximum Gasteiger partial charge on any atom is 0.251 e. The van der Waals surface area contributed by atoms with Gasteiger partial charge in [-0.3, -0.25) is 9.79 Å². The molecule has 0 saturated carbocycles. The van der Waals surface area contributed by atoms with E-state index in [0.29, 0.717) is 31.2 Å². The Kier molecular flexibility index (Phi) is 13.0. The van der Waals surface area contributed by atoms with E-state index in [1.807, 2.05) is 31.2 Å². The van der Waals surface area contributed by atoms with Crippen LogP contribution in [-0.2, 0) is 16.0 Å². The molecule has 1 aliphatic heterocycles. The molecule has 0 aromatic heterocycles. The highest BCUT2D eigenvalue weighted by Gasteiger charge is 2.24. The number of halogens is 1. The third-order valence-corrected chi connectivity index (χ3v) is 5.21. The highest BCUT2D eigenvalue weighted by Crippen LogP contribution is 2.17. The maximum atomic E-state index is 12.3. The number of guanidine groups is 1. The second-order valence-corrected chi connectivity index (χ2v) is 7.55. The van der Waals surface area contributed by atoms with Crippen LogP contribution in [0.2, 0.25) is 0 Å². The van der Waals surface area contributed by atoms with Crippen LogP contribution in [0.5, 0.6) is 0 Å². The number of hydrogen-bond acceptors (Lipinski definition) is 4. The predicted molar refractivity (Wildman–Crippen MR) is 132 cm³/mol. The van der Waals surface area contributed by atoms with E-state index >= 15 is 0 Å². The van der Waals surface area contributed by atoms with Gasteiger partial charge >= 0.3 is 0 Å². The highest BCUT2D eigenvalue weighted by molar-refractivity contribution is 14.0. The summed E-state index contributed by atoms with van der Waals surface area (Å²) in [4.78, 5) is 19.0. The first-order chi connectivity index (χ1) is 14.1. The van der Waals surface area contributed by atoms with Gasteiger partial charge in [-0.25, -0.2) is 0 Å². The summed E-state index contributed by atoms with van der Waals surface area (Å²) in [5.41, 5.74) is 1.75. The smallest absolute Gasteiger partial charge is 0.251 e. The van der Waals surface area contributed by atoms with E-state index in [2.05, 4.69) is 27.4 Å². The molecule has 170 valence electrons. The molecule has 2 atom stereocenters. The molecule has 0 spiro atoms. The number of carbonyl (C=O) groups is 1.